The van der Waals surface area contributed by atoms with Gasteiger partial charge in [0.05, 0.1) is 12.1 Å². The van der Waals surface area contributed by atoms with Crippen LogP contribution in [0, 0.1) is 5.82 Å². The Morgan fingerprint density at radius 3 is 2.62 bits per heavy atom. The molecular weight excluding hydrogens is 291 g/mol. The number of carbonyl (C=O) groups is 1. The van der Waals surface area contributed by atoms with Crippen molar-refractivity contribution in [2.75, 3.05) is 0 Å². The van der Waals surface area contributed by atoms with E-state index in [1.807, 2.05) is 0 Å². The molecule has 0 unspecified atom stereocenters. The van der Waals surface area contributed by atoms with E-state index in [1.54, 1.807) is 0 Å². The van der Waals surface area contributed by atoms with Gasteiger partial charge in [0.15, 0.2) is 0 Å². The van der Waals surface area contributed by atoms with Crippen LogP contribution in [0.4, 0.5) is 13.2 Å². The van der Waals surface area contributed by atoms with Crippen molar-refractivity contribution >= 4 is 21.9 Å². The molecule has 0 saturated carbocycles. The molecule has 0 fully saturated rings. The van der Waals surface area contributed by atoms with Crippen LogP contribution >= 0.6 is 15.9 Å². The number of pyridine rings is 1. The quantitative estimate of drug-likeness (QED) is 0.869. The van der Waals surface area contributed by atoms with Gasteiger partial charge in [-0.05, 0) is 6.07 Å². The van der Waals surface area contributed by atoms with Crippen molar-refractivity contribution in [2.24, 2.45) is 0 Å². The maximum absolute atomic E-state index is 13.4. The van der Waals surface area contributed by atoms with Crippen molar-refractivity contribution in [3.05, 3.63) is 28.8 Å². The zero-order valence-corrected chi connectivity index (χ0v) is 9.47. The number of hydrogen-bond donors (Lipinski definition) is 1. The van der Waals surface area contributed by atoms with Gasteiger partial charge in [-0.1, -0.05) is 15.9 Å². The van der Waals surface area contributed by atoms with Crippen LogP contribution in [0.25, 0.3) is 0 Å². The largest absolute Gasteiger partial charge is 0.481 e. The Kier molecular flexibility index (Phi) is 4.28. The molecular formula is C9H7BrF3NO2. The van der Waals surface area contributed by atoms with E-state index in [9.17, 15) is 18.0 Å². The Morgan fingerprint density at radius 2 is 2.19 bits per heavy atom. The smallest absolute Gasteiger partial charge is 0.308 e. The molecule has 1 rings (SSSR count). The lowest BCUT2D eigenvalue weighted by Crippen LogP contribution is -2.10. The van der Waals surface area contributed by atoms with Crippen LogP contribution < -0.4 is 0 Å². The van der Waals surface area contributed by atoms with E-state index in [4.69, 9.17) is 5.11 Å². The lowest BCUT2D eigenvalue weighted by atomic mass is 10.1. The summed E-state index contributed by atoms with van der Waals surface area (Å²) in [6, 6.07) is 0.943. The fraction of sp³-hybridized carbons (Fsp3) is 0.333. The van der Waals surface area contributed by atoms with Gasteiger partial charge in [-0.15, -0.1) is 0 Å². The van der Waals surface area contributed by atoms with Crippen molar-refractivity contribution in [3.8, 4) is 0 Å². The number of alkyl halides is 3. The molecule has 88 valence electrons. The first kappa shape index (κ1) is 13.0. The molecule has 3 nitrogen and oxygen atoms in total. The van der Waals surface area contributed by atoms with Gasteiger partial charge in [-0.2, -0.15) is 0 Å². The highest BCUT2D eigenvalue weighted by molar-refractivity contribution is 9.08. The van der Waals surface area contributed by atoms with Gasteiger partial charge in [0.2, 0.25) is 0 Å². The van der Waals surface area contributed by atoms with Gasteiger partial charge < -0.3 is 5.11 Å². The molecule has 1 aromatic rings. The van der Waals surface area contributed by atoms with Gasteiger partial charge >= 0.3 is 5.97 Å². The molecule has 7 heteroatoms. The molecule has 0 radical (unpaired) electrons. The second kappa shape index (κ2) is 5.29. The minimum absolute atomic E-state index is 0.0990. The second-order valence-corrected chi connectivity index (χ2v) is 3.52. The van der Waals surface area contributed by atoms with Gasteiger partial charge in [-0.3, -0.25) is 9.78 Å². The predicted octanol–water partition coefficient (Wildman–Crippen LogP) is 2.68. The van der Waals surface area contributed by atoms with Gasteiger partial charge in [0, 0.05) is 10.9 Å². The lowest BCUT2D eigenvalue weighted by Gasteiger charge is -2.09. The van der Waals surface area contributed by atoms with E-state index >= 15 is 0 Å². The van der Waals surface area contributed by atoms with E-state index in [1.165, 1.54) is 0 Å². The number of rotatable bonds is 4. The fourth-order valence-electron chi connectivity index (χ4n) is 1.19. The molecule has 0 bridgehead atoms. The molecule has 0 aromatic carbocycles. The third-order valence-electron chi connectivity index (χ3n) is 1.83. The Hall–Kier alpha value is -1.11. The van der Waals surface area contributed by atoms with Crippen molar-refractivity contribution in [1.82, 2.24) is 4.98 Å². The van der Waals surface area contributed by atoms with Crippen LogP contribution in [-0.4, -0.2) is 16.1 Å². The number of carboxylic acids is 1. The lowest BCUT2D eigenvalue weighted by molar-refractivity contribution is -0.136. The van der Waals surface area contributed by atoms with E-state index in [0.29, 0.717) is 0 Å². The van der Waals surface area contributed by atoms with Crippen LogP contribution in [0.2, 0.25) is 0 Å². The fourth-order valence-corrected chi connectivity index (χ4v) is 1.47. The monoisotopic (exact) mass is 297 g/mol. The summed E-state index contributed by atoms with van der Waals surface area (Å²) in [5.41, 5.74) is -1.27. The summed E-state index contributed by atoms with van der Waals surface area (Å²) in [5.74, 6) is -2.35. The zero-order chi connectivity index (χ0) is 12.3. The summed E-state index contributed by atoms with van der Waals surface area (Å²) in [4.78, 5) is 13.9. The van der Waals surface area contributed by atoms with Crippen molar-refractivity contribution in [2.45, 2.75) is 18.2 Å². The second-order valence-electron chi connectivity index (χ2n) is 2.96. The molecule has 1 N–H and O–H groups in total. The predicted molar refractivity (Wildman–Crippen MR) is 53.1 cm³/mol. The number of aliphatic carboxylic acids is 1. The molecule has 0 aliphatic rings. The van der Waals surface area contributed by atoms with Gasteiger partial charge in [0.25, 0.3) is 6.43 Å². The molecule has 1 aromatic heterocycles. The van der Waals surface area contributed by atoms with Crippen LogP contribution in [-0.2, 0) is 16.5 Å². The Morgan fingerprint density at radius 1 is 1.56 bits per heavy atom. The molecule has 0 atom stereocenters. The van der Waals surface area contributed by atoms with E-state index in [0.717, 1.165) is 6.07 Å². The summed E-state index contributed by atoms with van der Waals surface area (Å²) in [6.07, 6.45) is -3.80. The van der Waals surface area contributed by atoms with Crippen molar-refractivity contribution < 1.29 is 23.1 Å². The van der Waals surface area contributed by atoms with Crippen LogP contribution in [0.15, 0.2) is 6.07 Å². The molecule has 16 heavy (non-hydrogen) atoms. The van der Waals surface area contributed by atoms with Crippen molar-refractivity contribution in [3.63, 3.8) is 0 Å². The molecule has 0 saturated heterocycles. The number of hydrogen-bond acceptors (Lipinski definition) is 2. The normalized spacial score (nSPS) is 10.8. The van der Waals surface area contributed by atoms with E-state index in [-0.39, 0.29) is 11.0 Å². The standard InChI is InChI=1S/C9H7BrF3NO2/c10-3-4-1-6(11)5(2-7(15)16)8(14-4)9(12)13/h1,9H,2-3H2,(H,15,16). The number of carboxylic acid groups (broad SMARTS) is 1. The summed E-state index contributed by atoms with van der Waals surface area (Å²) in [5, 5.41) is 8.60. The van der Waals surface area contributed by atoms with Crippen LogP contribution in [0.1, 0.15) is 23.4 Å². The first-order valence-electron chi connectivity index (χ1n) is 4.19. The summed E-state index contributed by atoms with van der Waals surface area (Å²) >= 11 is 2.96. The topological polar surface area (TPSA) is 50.2 Å². The molecule has 0 aliphatic carbocycles. The minimum atomic E-state index is -3.00. The third kappa shape index (κ3) is 2.94. The van der Waals surface area contributed by atoms with Crippen LogP contribution in [0.5, 0.6) is 0 Å². The van der Waals surface area contributed by atoms with E-state index in [2.05, 4.69) is 20.9 Å². The average molecular weight is 298 g/mol. The molecule has 0 aliphatic heterocycles. The number of halogens is 4. The maximum Gasteiger partial charge on any atom is 0.308 e. The van der Waals surface area contributed by atoms with Gasteiger partial charge in [0.1, 0.15) is 11.5 Å². The number of nitrogens with zero attached hydrogens (tertiary/aromatic N) is 1. The van der Waals surface area contributed by atoms with E-state index < -0.39 is 35.9 Å². The third-order valence-corrected chi connectivity index (χ3v) is 2.40. The summed E-state index contributed by atoms with van der Waals surface area (Å²) < 4.78 is 38.4. The van der Waals surface area contributed by atoms with Gasteiger partial charge in [-0.25, -0.2) is 13.2 Å². The SMILES string of the molecule is O=C(O)Cc1c(F)cc(CBr)nc1C(F)F. The highest BCUT2D eigenvalue weighted by Crippen LogP contribution is 2.25. The highest BCUT2D eigenvalue weighted by atomic mass is 79.9. The molecule has 1 heterocycles. The summed E-state index contributed by atoms with van der Waals surface area (Å²) in [7, 11) is 0. The first-order chi connectivity index (χ1) is 7.45. The Bertz CT molecular complexity index is 412. The van der Waals surface area contributed by atoms with Crippen LogP contribution in [0.3, 0.4) is 0 Å². The minimum Gasteiger partial charge on any atom is -0.481 e. The summed E-state index contributed by atoms with van der Waals surface area (Å²) in [6.45, 7) is 0. The highest BCUT2D eigenvalue weighted by Gasteiger charge is 2.21. The maximum atomic E-state index is 13.4. The first-order valence-corrected chi connectivity index (χ1v) is 5.32. The zero-order valence-electron chi connectivity index (χ0n) is 7.88. The number of aromatic nitrogens is 1. The van der Waals surface area contributed by atoms with Crippen molar-refractivity contribution in [1.29, 1.82) is 0 Å². The average Bonchev–Trinajstić information content (AvgIpc) is 2.19. The molecule has 0 amide bonds. The molecule has 0 spiro atoms. The Labute approximate surface area is 97.4 Å². The Balaban J connectivity index is 3.27.